The van der Waals surface area contributed by atoms with Crippen molar-refractivity contribution in [2.45, 2.75) is 13.8 Å². The van der Waals surface area contributed by atoms with Gasteiger partial charge < -0.3 is 5.11 Å². The van der Waals surface area contributed by atoms with E-state index < -0.39 is 0 Å². The van der Waals surface area contributed by atoms with Gasteiger partial charge in [-0.05, 0) is 19.4 Å². The molecule has 0 aromatic rings. The van der Waals surface area contributed by atoms with Gasteiger partial charge in [0.1, 0.15) is 0 Å². The van der Waals surface area contributed by atoms with Crippen LogP contribution in [0.1, 0.15) is 13.8 Å². The summed E-state index contributed by atoms with van der Waals surface area (Å²) in [5.41, 5.74) is 0.935. The van der Waals surface area contributed by atoms with Crippen LogP contribution in [0.2, 0.25) is 0 Å². The number of rotatable bonds is 0. The van der Waals surface area contributed by atoms with Crippen LogP contribution in [0.3, 0.4) is 0 Å². The van der Waals surface area contributed by atoms with Crippen LogP contribution in [0.15, 0.2) is 11.8 Å². The Kier molecular flexibility index (Phi) is 1.65. The van der Waals surface area contributed by atoms with Crippen LogP contribution in [0.25, 0.3) is 0 Å². The van der Waals surface area contributed by atoms with E-state index in [0.717, 1.165) is 11.8 Å². The van der Waals surface area contributed by atoms with Crippen molar-refractivity contribution >= 4 is 0 Å². The summed E-state index contributed by atoms with van der Waals surface area (Å²) in [6.07, 6.45) is 1.08. The van der Waals surface area contributed by atoms with E-state index in [1.807, 2.05) is 13.8 Å². The Morgan fingerprint density at radius 2 is 1.80 bits per heavy atom. The molecular formula is C4H8O. The van der Waals surface area contributed by atoms with E-state index >= 15 is 0 Å². The van der Waals surface area contributed by atoms with Crippen LogP contribution in [0.5, 0.6) is 0 Å². The quantitative estimate of drug-likeness (QED) is 0.429. The first kappa shape index (κ1) is 4.54. The van der Waals surface area contributed by atoms with Crippen LogP contribution in [-0.2, 0) is 0 Å². The fraction of sp³-hybridized carbons (Fsp3) is 0.500. The van der Waals surface area contributed by atoms with Crippen molar-refractivity contribution in [3.8, 4) is 0 Å². The number of hydrogen-bond acceptors (Lipinski definition) is 1. The minimum atomic E-state index is 0.935. The number of hydrogen-bond donors (Lipinski definition) is 1. The van der Waals surface area contributed by atoms with Gasteiger partial charge in [0.2, 0.25) is 0 Å². The molecule has 0 aromatic heterocycles. The third-order valence-corrected chi connectivity index (χ3v) is 0.258. The van der Waals surface area contributed by atoms with Gasteiger partial charge in [-0.1, -0.05) is 0 Å². The second-order valence-electron chi connectivity index (χ2n) is 1.21. The first-order valence-electron chi connectivity index (χ1n) is 1.55. The molecule has 1 N–H and O–H groups in total. The molecule has 30 valence electrons. The lowest BCUT2D eigenvalue weighted by Crippen LogP contribution is -1.56. The molecule has 0 atom stereocenters. The molecule has 0 spiro atoms. The Morgan fingerprint density at radius 3 is 1.80 bits per heavy atom. The Morgan fingerprint density at radius 1 is 1.60 bits per heavy atom. The molecule has 0 aromatic carbocycles. The van der Waals surface area contributed by atoms with Gasteiger partial charge in [0.05, 0.1) is 6.26 Å². The van der Waals surface area contributed by atoms with Gasteiger partial charge in [0, 0.05) is 0 Å². The fourth-order valence-corrected chi connectivity index (χ4v) is 0. The van der Waals surface area contributed by atoms with E-state index in [2.05, 4.69) is 0 Å². The van der Waals surface area contributed by atoms with Crippen LogP contribution in [-0.4, -0.2) is 5.11 Å². The molecule has 0 heterocycles. The summed E-state index contributed by atoms with van der Waals surface area (Å²) in [6.45, 7) is 3.67. The summed E-state index contributed by atoms with van der Waals surface area (Å²) in [5.74, 6) is 0. The van der Waals surface area contributed by atoms with Gasteiger partial charge in [-0.3, -0.25) is 0 Å². The SMILES string of the molecule is CC(C)=CO. The van der Waals surface area contributed by atoms with Crippen molar-refractivity contribution in [2.75, 3.05) is 0 Å². The first-order valence-corrected chi connectivity index (χ1v) is 1.55. The molecule has 0 radical (unpaired) electrons. The van der Waals surface area contributed by atoms with Crippen molar-refractivity contribution in [3.05, 3.63) is 11.8 Å². The summed E-state index contributed by atoms with van der Waals surface area (Å²) in [5, 5.41) is 7.98. The van der Waals surface area contributed by atoms with Crippen LogP contribution >= 0.6 is 0 Å². The molecule has 0 rings (SSSR count). The molecule has 0 aliphatic heterocycles. The Balaban J connectivity index is 3.14. The second-order valence-corrected chi connectivity index (χ2v) is 1.21. The lowest BCUT2D eigenvalue weighted by atomic mass is 10.4. The Bertz CT molecular complexity index is 41.6. The van der Waals surface area contributed by atoms with Crippen molar-refractivity contribution in [2.24, 2.45) is 0 Å². The van der Waals surface area contributed by atoms with Crippen molar-refractivity contribution in [3.63, 3.8) is 0 Å². The topological polar surface area (TPSA) is 20.2 Å². The summed E-state index contributed by atoms with van der Waals surface area (Å²) in [4.78, 5) is 0. The van der Waals surface area contributed by atoms with Gasteiger partial charge in [0.25, 0.3) is 0 Å². The number of allylic oxidation sites excluding steroid dienone is 1. The average Bonchev–Trinajstić information content (AvgIpc) is 1.38. The van der Waals surface area contributed by atoms with Crippen molar-refractivity contribution < 1.29 is 5.11 Å². The van der Waals surface area contributed by atoms with E-state index in [9.17, 15) is 0 Å². The van der Waals surface area contributed by atoms with Gasteiger partial charge in [0.15, 0.2) is 0 Å². The Labute approximate surface area is 31.9 Å². The molecule has 0 saturated carbocycles. The second kappa shape index (κ2) is 1.82. The van der Waals surface area contributed by atoms with E-state index in [1.54, 1.807) is 0 Å². The zero-order chi connectivity index (χ0) is 4.28. The largest absolute Gasteiger partial charge is 0.516 e. The molecule has 5 heavy (non-hydrogen) atoms. The third kappa shape index (κ3) is 3.54. The van der Waals surface area contributed by atoms with Crippen LogP contribution in [0.4, 0.5) is 0 Å². The van der Waals surface area contributed by atoms with Gasteiger partial charge in [-0.25, -0.2) is 0 Å². The van der Waals surface area contributed by atoms with Gasteiger partial charge in [-0.15, -0.1) is 0 Å². The monoisotopic (exact) mass is 72.1 g/mol. The zero-order valence-corrected chi connectivity index (χ0v) is 3.52. The number of aliphatic hydroxyl groups is 1. The lowest BCUT2D eigenvalue weighted by molar-refractivity contribution is 0.467. The van der Waals surface area contributed by atoms with E-state index in [0.29, 0.717) is 0 Å². The Hall–Kier alpha value is -0.460. The van der Waals surface area contributed by atoms with Crippen molar-refractivity contribution in [1.82, 2.24) is 0 Å². The highest BCUT2D eigenvalue weighted by Gasteiger charge is 1.62. The highest BCUT2D eigenvalue weighted by molar-refractivity contribution is 4.84. The summed E-state index contributed by atoms with van der Waals surface area (Å²) < 4.78 is 0. The molecule has 0 amide bonds. The fourth-order valence-electron chi connectivity index (χ4n) is 0. The molecule has 0 bridgehead atoms. The molecule has 0 fully saturated rings. The normalized spacial score (nSPS) is 6.80. The molecule has 1 nitrogen and oxygen atoms in total. The van der Waals surface area contributed by atoms with E-state index in [1.165, 1.54) is 0 Å². The molecular weight excluding hydrogens is 64.0 g/mol. The summed E-state index contributed by atoms with van der Waals surface area (Å²) in [6, 6.07) is 0. The minimum absolute atomic E-state index is 0.935. The molecule has 0 aliphatic carbocycles. The van der Waals surface area contributed by atoms with E-state index in [-0.39, 0.29) is 0 Å². The predicted octanol–water partition coefficient (Wildman–Crippen LogP) is 1.47. The first-order chi connectivity index (χ1) is 2.27. The standard InChI is InChI=1S/C4H8O/c1-4(2)3-5/h3,5H,1-2H3. The molecule has 0 aliphatic rings. The maximum atomic E-state index is 7.98. The minimum Gasteiger partial charge on any atom is -0.516 e. The maximum Gasteiger partial charge on any atom is 0.0778 e. The van der Waals surface area contributed by atoms with Crippen LogP contribution in [0, 0.1) is 0 Å². The zero-order valence-electron chi connectivity index (χ0n) is 3.52. The number of aliphatic hydroxyl groups excluding tert-OH is 1. The smallest absolute Gasteiger partial charge is 0.0778 e. The predicted molar refractivity (Wildman–Crippen MR) is 22.1 cm³/mol. The van der Waals surface area contributed by atoms with E-state index in [4.69, 9.17) is 5.11 Å². The summed E-state index contributed by atoms with van der Waals surface area (Å²) >= 11 is 0. The lowest BCUT2D eigenvalue weighted by Gasteiger charge is -1.73. The molecule has 1 heteroatoms. The van der Waals surface area contributed by atoms with Gasteiger partial charge >= 0.3 is 0 Å². The van der Waals surface area contributed by atoms with Crippen molar-refractivity contribution in [1.29, 1.82) is 0 Å². The van der Waals surface area contributed by atoms with Gasteiger partial charge in [-0.2, -0.15) is 0 Å². The third-order valence-electron chi connectivity index (χ3n) is 0.258. The highest BCUT2D eigenvalue weighted by atomic mass is 16.2. The average molecular weight is 72.1 g/mol. The maximum absolute atomic E-state index is 7.98. The highest BCUT2D eigenvalue weighted by Crippen LogP contribution is 1.80. The van der Waals surface area contributed by atoms with Crippen LogP contribution < -0.4 is 0 Å². The summed E-state index contributed by atoms with van der Waals surface area (Å²) in [7, 11) is 0. The molecule has 0 saturated heterocycles. The molecule has 0 unspecified atom stereocenters.